The van der Waals surface area contributed by atoms with E-state index in [4.69, 9.17) is 9.84 Å². The Morgan fingerprint density at radius 3 is 2.38 bits per heavy atom. The van der Waals surface area contributed by atoms with Crippen molar-refractivity contribution in [2.45, 2.75) is 57.7 Å². The third-order valence-corrected chi connectivity index (χ3v) is 5.71. The van der Waals surface area contributed by atoms with E-state index in [1.54, 1.807) is 20.8 Å². The largest absolute Gasteiger partial charge is 0.481 e. The highest BCUT2D eigenvalue weighted by Crippen LogP contribution is 2.30. The van der Waals surface area contributed by atoms with E-state index in [2.05, 4.69) is 0 Å². The fourth-order valence-electron chi connectivity index (χ4n) is 2.90. The highest BCUT2D eigenvalue weighted by atomic mass is 32.2. The molecule has 0 aromatic carbocycles. The van der Waals surface area contributed by atoms with Crippen LogP contribution in [0.3, 0.4) is 0 Å². The number of likely N-dealkylation sites (tertiary alicyclic amines) is 1. The van der Waals surface area contributed by atoms with E-state index in [0.717, 1.165) is 0 Å². The number of carbonyl (C=O) groups excluding carboxylic acids is 2. The van der Waals surface area contributed by atoms with Crippen molar-refractivity contribution in [2.24, 2.45) is 0 Å². The molecule has 0 aliphatic carbocycles. The fourth-order valence-corrected chi connectivity index (χ4v) is 4.56. The van der Waals surface area contributed by atoms with Crippen molar-refractivity contribution in [2.75, 3.05) is 12.3 Å². The third kappa shape index (κ3) is 3.80. The molecule has 1 N–H and O–H groups in total. The summed E-state index contributed by atoms with van der Waals surface area (Å²) in [4.78, 5) is 36.9. The quantitative estimate of drug-likeness (QED) is 0.771. The lowest BCUT2D eigenvalue weighted by atomic mass is 10.1. The lowest BCUT2D eigenvalue weighted by molar-refractivity contribution is -0.140. The molecule has 0 bridgehead atoms. The molecule has 2 rings (SSSR count). The summed E-state index contributed by atoms with van der Waals surface area (Å²) in [7, 11) is -3.80. The van der Waals surface area contributed by atoms with Gasteiger partial charge in [0, 0.05) is 6.54 Å². The van der Waals surface area contributed by atoms with Gasteiger partial charge >= 0.3 is 12.1 Å². The first kappa shape index (κ1) is 18.5. The molecule has 0 aromatic rings. The predicted molar refractivity (Wildman–Crippen MR) is 82.6 cm³/mol. The molecule has 9 nitrogen and oxygen atoms in total. The van der Waals surface area contributed by atoms with Crippen LogP contribution in [0.5, 0.6) is 0 Å². The van der Waals surface area contributed by atoms with Gasteiger partial charge in [0.25, 0.3) is 5.91 Å². The summed E-state index contributed by atoms with van der Waals surface area (Å²) in [5, 5.41) is 8.83. The first-order valence-electron chi connectivity index (χ1n) is 7.70. The zero-order valence-corrected chi connectivity index (χ0v) is 14.7. The Labute approximate surface area is 140 Å². The van der Waals surface area contributed by atoms with Gasteiger partial charge in [-0.3, -0.25) is 14.5 Å². The normalized spacial score (nSPS) is 26.0. The fraction of sp³-hybridized carbons (Fsp3) is 0.786. The SMILES string of the molecule is CC(C)(C)OC(=O)N1CCCC1C(=O)N1C(CC(=O)O)CS1(=O)=O. The van der Waals surface area contributed by atoms with Crippen molar-refractivity contribution in [1.29, 1.82) is 0 Å². The molecule has 2 atom stereocenters. The van der Waals surface area contributed by atoms with Gasteiger partial charge in [-0.1, -0.05) is 0 Å². The van der Waals surface area contributed by atoms with Crippen LogP contribution >= 0.6 is 0 Å². The summed E-state index contributed by atoms with van der Waals surface area (Å²) in [6.07, 6.45) is -0.243. The van der Waals surface area contributed by atoms with Crippen LogP contribution in [0.4, 0.5) is 4.79 Å². The van der Waals surface area contributed by atoms with E-state index in [-0.39, 0.29) is 5.75 Å². The molecule has 10 heteroatoms. The second kappa shape index (κ2) is 6.23. The Balaban J connectivity index is 2.15. The van der Waals surface area contributed by atoms with Gasteiger partial charge in [-0.05, 0) is 33.6 Å². The number of carboxylic acid groups (broad SMARTS) is 1. The van der Waals surface area contributed by atoms with Crippen molar-refractivity contribution in [3.63, 3.8) is 0 Å². The second-order valence-electron chi connectivity index (χ2n) is 7.00. The minimum atomic E-state index is -3.80. The van der Waals surface area contributed by atoms with Crippen molar-refractivity contribution in [3.05, 3.63) is 0 Å². The van der Waals surface area contributed by atoms with Crippen LogP contribution in [-0.2, 0) is 24.3 Å². The molecular formula is C14H22N2O7S. The summed E-state index contributed by atoms with van der Waals surface area (Å²) in [6, 6.07) is -1.83. The van der Waals surface area contributed by atoms with Crippen molar-refractivity contribution >= 4 is 28.0 Å². The first-order valence-corrected chi connectivity index (χ1v) is 9.30. The molecular weight excluding hydrogens is 340 g/mol. The maximum atomic E-state index is 12.6. The number of nitrogens with zero attached hydrogens (tertiary/aromatic N) is 2. The van der Waals surface area contributed by atoms with E-state index in [1.807, 2.05) is 0 Å². The number of ether oxygens (including phenoxy) is 1. The molecule has 2 aliphatic heterocycles. The number of aliphatic carboxylic acids is 1. The Hall–Kier alpha value is -1.84. The van der Waals surface area contributed by atoms with Gasteiger partial charge in [0.15, 0.2) is 0 Å². The van der Waals surface area contributed by atoms with E-state index >= 15 is 0 Å². The smallest absolute Gasteiger partial charge is 0.410 e. The standard InChI is InChI=1S/C14H22N2O7S/c1-14(2,3)23-13(20)15-6-4-5-10(15)12(19)16-9(7-11(17)18)8-24(16,21)22/h9-10H,4-8H2,1-3H3,(H,17,18). The number of amides is 2. The summed E-state index contributed by atoms with van der Waals surface area (Å²) < 4.78 is 29.7. The Morgan fingerprint density at radius 1 is 1.25 bits per heavy atom. The highest BCUT2D eigenvalue weighted by Gasteiger charge is 2.51. The molecule has 2 heterocycles. The molecule has 2 fully saturated rings. The topological polar surface area (TPSA) is 121 Å². The number of carbonyl (C=O) groups is 3. The van der Waals surface area contributed by atoms with E-state index in [9.17, 15) is 22.8 Å². The van der Waals surface area contributed by atoms with Crippen LogP contribution in [0.1, 0.15) is 40.0 Å². The van der Waals surface area contributed by atoms with Gasteiger partial charge in [0.1, 0.15) is 11.6 Å². The van der Waals surface area contributed by atoms with Crippen molar-refractivity contribution in [1.82, 2.24) is 9.21 Å². The minimum absolute atomic E-state index is 0.294. The maximum absolute atomic E-state index is 12.6. The van der Waals surface area contributed by atoms with Crippen LogP contribution in [0.2, 0.25) is 0 Å². The zero-order valence-electron chi connectivity index (χ0n) is 13.9. The lowest BCUT2D eigenvalue weighted by Gasteiger charge is -2.41. The summed E-state index contributed by atoms with van der Waals surface area (Å²) in [6.45, 7) is 5.38. The predicted octanol–water partition coefficient (Wildman–Crippen LogP) is 0.401. The van der Waals surface area contributed by atoms with Gasteiger partial charge in [-0.2, -0.15) is 0 Å². The van der Waals surface area contributed by atoms with Crippen LogP contribution in [0.15, 0.2) is 0 Å². The van der Waals surface area contributed by atoms with Crippen LogP contribution in [0, 0.1) is 0 Å². The Kier molecular flexibility index (Phi) is 4.80. The van der Waals surface area contributed by atoms with Crippen molar-refractivity contribution in [3.8, 4) is 0 Å². The van der Waals surface area contributed by atoms with Gasteiger partial charge in [-0.15, -0.1) is 0 Å². The molecule has 0 radical (unpaired) electrons. The number of rotatable bonds is 3. The zero-order chi connectivity index (χ0) is 18.3. The molecule has 2 aliphatic rings. The molecule has 0 aromatic heterocycles. The van der Waals surface area contributed by atoms with Crippen LogP contribution in [0.25, 0.3) is 0 Å². The second-order valence-corrected chi connectivity index (χ2v) is 8.89. The lowest BCUT2D eigenvalue weighted by Crippen LogP contribution is -2.63. The van der Waals surface area contributed by atoms with Gasteiger partial charge in [-0.25, -0.2) is 17.5 Å². The van der Waals surface area contributed by atoms with Gasteiger partial charge in [0.2, 0.25) is 10.0 Å². The summed E-state index contributed by atoms with van der Waals surface area (Å²) >= 11 is 0. The Bertz CT molecular complexity index is 653. The van der Waals surface area contributed by atoms with Gasteiger partial charge in [0.05, 0.1) is 18.2 Å². The molecule has 136 valence electrons. The number of carboxylic acids is 1. The summed E-state index contributed by atoms with van der Waals surface area (Å²) in [5.41, 5.74) is -0.734. The van der Waals surface area contributed by atoms with Crippen LogP contribution < -0.4 is 0 Å². The highest BCUT2D eigenvalue weighted by molar-refractivity contribution is 7.91. The van der Waals surface area contributed by atoms with Crippen LogP contribution in [-0.4, -0.2) is 70.7 Å². The maximum Gasteiger partial charge on any atom is 0.410 e. The average molecular weight is 362 g/mol. The number of sulfonamides is 1. The molecule has 0 saturated carbocycles. The summed E-state index contributed by atoms with van der Waals surface area (Å²) in [5.74, 6) is -2.30. The molecule has 2 unspecified atom stereocenters. The van der Waals surface area contributed by atoms with Gasteiger partial charge < -0.3 is 9.84 Å². The van der Waals surface area contributed by atoms with Crippen molar-refractivity contribution < 1.29 is 32.6 Å². The average Bonchev–Trinajstić information content (AvgIpc) is 2.83. The number of hydrogen-bond acceptors (Lipinski definition) is 6. The van der Waals surface area contributed by atoms with E-state index in [1.165, 1.54) is 4.90 Å². The van der Waals surface area contributed by atoms with E-state index in [0.29, 0.717) is 23.7 Å². The third-order valence-electron chi connectivity index (χ3n) is 3.83. The van der Waals surface area contributed by atoms with E-state index < -0.39 is 52.1 Å². The molecule has 2 amide bonds. The molecule has 0 spiro atoms. The molecule has 2 saturated heterocycles. The Morgan fingerprint density at radius 2 is 1.88 bits per heavy atom. The first-order chi connectivity index (χ1) is 10.9. The number of hydrogen-bond donors (Lipinski definition) is 1. The minimum Gasteiger partial charge on any atom is -0.481 e. The monoisotopic (exact) mass is 362 g/mol. The molecule has 24 heavy (non-hydrogen) atoms.